The van der Waals surface area contributed by atoms with E-state index in [9.17, 15) is 4.79 Å². The lowest BCUT2D eigenvalue weighted by Crippen LogP contribution is -2.17. The number of aryl methyl sites for hydroxylation is 1. The molecule has 0 aromatic carbocycles. The van der Waals surface area contributed by atoms with Gasteiger partial charge in [-0.25, -0.2) is 4.98 Å². The number of hydrogen-bond donors (Lipinski definition) is 2. The van der Waals surface area contributed by atoms with Crippen molar-refractivity contribution in [3.63, 3.8) is 0 Å². The topological polar surface area (TPSA) is 86.9 Å². The Labute approximate surface area is 80.0 Å². The number of fused-ring (bicyclic) bond motifs is 1. The summed E-state index contributed by atoms with van der Waals surface area (Å²) in [4.78, 5) is 15.5. The Bertz CT molecular complexity index is 558. The van der Waals surface area contributed by atoms with Gasteiger partial charge in [-0.2, -0.15) is 0 Å². The number of hydrogen-bond acceptors (Lipinski definition) is 4. The zero-order chi connectivity index (χ0) is 10.3. The Kier molecular flexibility index (Phi) is 1.67. The Morgan fingerprint density at radius 2 is 2.14 bits per heavy atom. The van der Waals surface area contributed by atoms with Crippen molar-refractivity contribution in [3.8, 4) is 0 Å². The Morgan fingerprint density at radius 3 is 2.86 bits per heavy atom. The van der Waals surface area contributed by atoms with Crippen LogP contribution in [0.1, 0.15) is 0 Å². The quantitative estimate of drug-likeness (QED) is 0.616. The molecule has 72 valence electrons. The lowest BCUT2D eigenvalue weighted by molar-refractivity contribution is 0.873. The molecule has 0 aliphatic rings. The molecule has 0 aliphatic heterocycles. The van der Waals surface area contributed by atoms with E-state index in [0.717, 1.165) is 5.39 Å². The van der Waals surface area contributed by atoms with E-state index in [1.807, 2.05) is 0 Å². The third-order valence-corrected chi connectivity index (χ3v) is 2.11. The lowest BCUT2D eigenvalue weighted by atomic mass is 10.2. The summed E-state index contributed by atoms with van der Waals surface area (Å²) in [5.41, 5.74) is 11.0. The van der Waals surface area contributed by atoms with Crippen LogP contribution < -0.4 is 17.0 Å². The third kappa shape index (κ3) is 1.10. The van der Waals surface area contributed by atoms with Gasteiger partial charge in [0.05, 0.1) is 5.39 Å². The van der Waals surface area contributed by atoms with E-state index in [0.29, 0.717) is 11.2 Å². The molecule has 0 atom stereocenters. The van der Waals surface area contributed by atoms with Gasteiger partial charge in [-0.15, -0.1) is 0 Å². The second-order valence-electron chi connectivity index (χ2n) is 3.13. The molecule has 0 aliphatic carbocycles. The molecule has 0 fully saturated rings. The van der Waals surface area contributed by atoms with Crippen LogP contribution in [0, 0.1) is 0 Å². The summed E-state index contributed by atoms with van der Waals surface area (Å²) < 4.78 is 1.45. The van der Waals surface area contributed by atoms with E-state index in [-0.39, 0.29) is 11.4 Å². The zero-order valence-electron chi connectivity index (χ0n) is 7.69. The van der Waals surface area contributed by atoms with Gasteiger partial charge >= 0.3 is 0 Å². The van der Waals surface area contributed by atoms with Gasteiger partial charge in [-0.3, -0.25) is 4.79 Å². The number of nitrogens with zero attached hydrogens (tertiary/aromatic N) is 2. The number of anilines is 2. The fraction of sp³-hybridized carbons (Fsp3) is 0.111. The largest absolute Gasteiger partial charge is 0.384 e. The minimum Gasteiger partial charge on any atom is -0.384 e. The average molecular weight is 190 g/mol. The van der Waals surface area contributed by atoms with Crippen molar-refractivity contribution < 1.29 is 0 Å². The van der Waals surface area contributed by atoms with Gasteiger partial charge in [0, 0.05) is 13.2 Å². The highest BCUT2D eigenvalue weighted by molar-refractivity contribution is 5.91. The maximum Gasteiger partial charge on any atom is 0.261 e. The van der Waals surface area contributed by atoms with E-state index < -0.39 is 0 Å². The average Bonchev–Trinajstić information content (AvgIpc) is 2.10. The molecule has 0 spiro atoms. The first-order chi connectivity index (χ1) is 6.59. The van der Waals surface area contributed by atoms with Crippen LogP contribution in [-0.2, 0) is 7.05 Å². The van der Waals surface area contributed by atoms with Crippen molar-refractivity contribution in [1.29, 1.82) is 0 Å². The van der Waals surface area contributed by atoms with Crippen molar-refractivity contribution >= 4 is 22.4 Å². The Balaban J connectivity index is 3.03. The molecule has 5 heteroatoms. The van der Waals surface area contributed by atoms with Gasteiger partial charge < -0.3 is 16.0 Å². The monoisotopic (exact) mass is 190 g/mol. The SMILES string of the molecule is Cn1ccc2cc(N)nc(N)c2c1=O. The number of rotatable bonds is 0. The molecule has 0 radical (unpaired) electrons. The highest BCUT2D eigenvalue weighted by Gasteiger charge is 2.06. The fourth-order valence-corrected chi connectivity index (χ4v) is 1.41. The predicted octanol–water partition coefficient (Wildman–Crippen LogP) is 0.0979. The van der Waals surface area contributed by atoms with E-state index in [4.69, 9.17) is 11.5 Å². The van der Waals surface area contributed by atoms with Crippen LogP contribution in [0.4, 0.5) is 11.6 Å². The second kappa shape index (κ2) is 2.73. The number of aromatic nitrogens is 2. The standard InChI is InChI=1S/C9H10N4O/c1-13-3-2-5-4-6(10)12-8(11)7(5)9(13)14/h2-4H,1H3,(H4,10,11,12). The van der Waals surface area contributed by atoms with Crippen molar-refractivity contribution in [1.82, 2.24) is 9.55 Å². The molecule has 2 rings (SSSR count). The van der Waals surface area contributed by atoms with E-state index in [1.165, 1.54) is 4.57 Å². The van der Waals surface area contributed by atoms with Crippen molar-refractivity contribution in [2.75, 3.05) is 11.5 Å². The molecule has 2 heterocycles. The summed E-state index contributed by atoms with van der Waals surface area (Å²) in [5, 5.41) is 1.14. The molecule has 0 unspecified atom stereocenters. The first-order valence-electron chi connectivity index (χ1n) is 4.11. The van der Waals surface area contributed by atoms with Gasteiger partial charge in [-0.1, -0.05) is 0 Å². The summed E-state index contributed by atoms with van der Waals surface area (Å²) in [5.74, 6) is 0.504. The van der Waals surface area contributed by atoms with Gasteiger partial charge in [0.25, 0.3) is 5.56 Å². The molecule has 14 heavy (non-hydrogen) atoms. The minimum absolute atomic E-state index is 0.160. The minimum atomic E-state index is -0.160. The maximum absolute atomic E-state index is 11.7. The summed E-state index contributed by atoms with van der Waals surface area (Å²) >= 11 is 0. The van der Waals surface area contributed by atoms with Gasteiger partial charge in [0.15, 0.2) is 0 Å². The van der Waals surface area contributed by atoms with Crippen LogP contribution in [-0.4, -0.2) is 9.55 Å². The Morgan fingerprint density at radius 1 is 1.43 bits per heavy atom. The van der Waals surface area contributed by atoms with Crippen LogP contribution in [0.15, 0.2) is 23.1 Å². The highest BCUT2D eigenvalue weighted by Crippen LogP contribution is 2.16. The van der Waals surface area contributed by atoms with Crippen molar-refractivity contribution in [2.24, 2.45) is 7.05 Å². The van der Waals surface area contributed by atoms with E-state index in [1.54, 1.807) is 25.4 Å². The predicted molar refractivity (Wildman–Crippen MR) is 55.8 cm³/mol. The first kappa shape index (κ1) is 8.55. The maximum atomic E-state index is 11.7. The molecule has 4 N–H and O–H groups in total. The van der Waals surface area contributed by atoms with Crippen LogP contribution in [0.25, 0.3) is 10.8 Å². The van der Waals surface area contributed by atoms with Crippen molar-refractivity contribution in [2.45, 2.75) is 0 Å². The van der Waals surface area contributed by atoms with Gasteiger partial charge in [0.2, 0.25) is 0 Å². The molecular weight excluding hydrogens is 180 g/mol. The molecule has 0 bridgehead atoms. The molecule has 2 aromatic rings. The fourth-order valence-electron chi connectivity index (χ4n) is 1.41. The number of nitrogens with two attached hydrogens (primary N) is 2. The Hall–Kier alpha value is -2.04. The third-order valence-electron chi connectivity index (χ3n) is 2.11. The van der Waals surface area contributed by atoms with Gasteiger partial charge in [0.1, 0.15) is 11.6 Å². The van der Waals surface area contributed by atoms with Gasteiger partial charge in [-0.05, 0) is 17.5 Å². The lowest BCUT2D eigenvalue weighted by Gasteiger charge is -2.04. The van der Waals surface area contributed by atoms with Crippen LogP contribution in [0.3, 0.4) is 0 Å². The summed E-state index contributed by atoms with van der Waals surface area (Å²) in [6.45, 7) is 0. The molecule has 0 amide bonds. The molecule has 0 saturated heterocycles. The van der Waals surface area contributed by atoms with Crippen LogP contribution >= 0.6 is 0 Å². The normalized spacial score (nSPS) is 10.6. The van der Waals surface area contributed by atoms with E-state index >= 15 is 0 Å². The summed E-state index contributed by atoms with van der Waals surface area (Å²) in [7, 11) is 1.66. The molecule has 5 nitrogen and oxygen atoms in total. The molecule has 0 saturated carbocycles. The van der Waals surface area contributed by atoms with E-state index in [2.05, 4.69) is 4.98 Å². The summed E-state index contributed by atoms with van der Waals surface area (Å²) in [6, 6.07) is 3.41. The van der Waals surface area contributed by atoms with Crippen LogP contribution in [0.2, 0.25) is 0 Å². The number of nitrogen functional groups attached to an aromatic ring is 2. The molecule has 2 aromatic heterocycles. The van der Waals surface area contributed by atoms with Crippen molar-refractivity contribution in [3.05, 3.63) is 28.7 Å². The first-order valence-corrected chi connectivity index (χ1v) is 4.11. The highest BCUT2D eigenvalue weighted by atomic mass is 16.1. The van der Waals surface area contributed by atoms with Crippen LogP contribution in [0.5, 0.6) is 0 Å². The second-order valence-corrected chi connectivity index (χ2v) is 3.13. The zero-order valence-corrected chi connectivity index (χ0v) is 7.69. The summed E-state index contributed by atoms with van der Waals surface area (Å²) in [6.07, 6.45) is 1.67. The molecular formula is C9H10N4O. The smallest absolute Gasteiger partial charge is 0.261 e. The number of pyridine rings is 2.